The molecule has 1 aromatic rings. The smallest absolute Gasteiger partial charge is 0.328 e. The van der Waals surface area contributed by atoms with Gasteiger partial charge in [-0.15, -0.1) is 0 Å². The highest BCUT2D eigenvalue weighted by atomic mass is 16.5. The summed E-state index contributed by atoms with van der Waals surface area (Å²) in [6.07, 6.45) is 14.4. The molecule has 0 bridgehead atoms. The van der Waals surface area contributed by atoms with Crippen LogP contribution in [-0.2, 0) is 30.3 Å². The summed E-state index contributed by atoms with van der Waals surface area (Å²) in [5.74, 6) is -0.406. The predicted octanol–water partition coefficient (Wildman–Crippen LogP) is 5.98. The molecule has 224 valence electrons. The van der Waals surface area contributed by atoms with Gasteiger partial charge >= 0.3 is 11.9 Å². The molecule has 0 radical (unpaired) electrons. The van der Waals surface area contributed by atoms with E-state index in [4.69, 9.17) is 9.47 Å². The van der Waals surface area contributed by atoms with Gasteiger partial charge in [-0.3, -0.25) is 14.9 Å². The van der Waals surface area contributed by atoms with Gasteiger partial charge < -0.3 is 14.4 Å². The van der Waals surface area contributed by atoms with Crippen LogP contribution in [0.5, 0.6) is 0 Å². The van der Waals surface area contributed by atoms with E-state index >= 15 is 0 Å². The summed E-state index contributed by atoms with van der Waals surface area (Å²) in [4.78, 5) is 41.6. The highest BCUT2D eigenvalue weighted by Crippen LogP contribution is 2.42. The summed E-state index contributed by atoms with van der Waals surface area (Å²) in [6.45, 7) is 6.51. The minimum atomic E-state index is -0.618. The molecule has 1 heterocycles. The van der Waals surface area contributed by atoms with Crippen LogP contribution in [0.15, 0.2) is 30.3 Å². The van der Waals surface area contributed by atoms with Gasteiger partial charge in [0.1, 0.15) is 12.1 Å². The summed E-state index contributed by atoms with van der Waals surface area (Å²) < 4.78 is 11.0. The van der Waals surface area contributed by atoms with Gasteiger partial charge in [-0.1, -0.05) is 88.6 Å². The molecular weight excluding hydrogens is 504 g/mol. The Labute approximate surface area is 241 Å². The number of carbonyl (C=O) groups excluding carboxylic acids is 3. The van der Waals surface area contributed by atoms with E-state index in [1.165, 1.54) is 38.5 Å². The van der Waals surface area contributed by atoms with E-state index in [9.17, 15) is 14.4 Å². The van der Waals surface area contributed by atoms with Crippen molar-refractivity contribution in [2.45, 2.75) is 135 Å². The number of aryl methyl sites for hydroxylation is 1. The first-order valence-electron chi connectivity index (χ1n) is 15.9. The molecule has 1 saturated carbocycles. The van der Waals surface area contributed by atoms with Crippen LogP contribution in [-0.4, -0.2) is 60.1 Å². The molecule has 1 N–H and O–H groups in total. The molecule has 1 aliphatic carbocycles. The Hall–Kier alpha value is -2.41. The van der Waals surface area contributed by atoms with Gasteiger partial charge in [0.15, 0.2) is 0 Å². The third-order valence-corrected chi connectivity index (χ3v) is 8.56. The third kappa shape index (κ3) is 9.60. The van der Waals surface area contributed by atoms with Crippen molar-refractivity contribution in [3.05, 3.63) is 35.9 Å². The van der Waals surface area contributed by atoms with Crippen LogP contribution in [0.3, 0.4) is 0 Å². The average Bonchev–Trinajstić information content (AvgIpc) is 3.56. The van der Waals surface area contributed by atoms with Crippen molar-refractivity contribution >= 4 is 17.8 Å². The Morgan fingerprint density at radius 2 is 1.65 bits per heavy atom. The lowest BCUT2D eigenvalue weighted by atomic mass is 10.0. The first kappa shape index (κ1) is 32.1. The van der Waals surface area contributed by atoms with Crippen molar-refractivity contribution in [2.24, 2.45) is 5.92 Å². The lowest BCUT2D eigenvalue weighted by Gasteiger charge is -2.32. The van der Waals surface area contributed by atoms with E-state index in [0.29, 0.717) is 31.8 Å². The maximum absolute atomic E-state index is 13.8. The minimum Gasteiger partial charge on any atom is -0.465 e. The second-order valence-corrected chi connectivity index (χ2v) is 11.6. The van der Waals surface area contributed by atoms with Crippen molar-refractivity contribution < 1.29 is 23.9 Å². The summed E-state index contributed by atoms with van der Waals surface area (Å²) in [6, 6.07) is 8.31. The molecule has 0 aromatic heterocycles. The van der Waals surface area contributed by atoms with E-state index in [1.54, 1.807) is 18.7 Å². The van der Waals surface area contributed by atoms with Crippen LogP contribution in [0.4, 0.5) is 0 Å². The zero-order valence-corrected chi connectivity index (χ0v) is 25.1. The van der Waals surface area contributed by atoms with E-state index in [-0.39, 0.29) is 30.5 Å². The van der Waals surface area contributed by atoms with E-state index in [2.05, 4.69) is 12.2 Å². The topological polar surface area (TPSA) is 84.9 Å². The number of nitrogens with one attached hydrogen (secondary N) is 1. The number of rotatable bonds is 18. The number of benzene rings is 1. The maximum atomic E-state index is 13.8. The quantitative estimate of drug-likeness (QED) is 0.177. The van der Waals surface area contributed by atoms with Gasteiger partial charge in [-0.05, 0) is 63.9 Å². The monoisotopic (exact) mass is 556 g/mol. The zero-order valence-electron chi connectivity index (χ0n) is 25.1. The number of fused-ring (bicyclic) bond motifs is 1. The van der Waals surface area contributed by atoms with Gasteiger partial charge in [0.25, 0.3) is 0 Å². The molecule has 7 heteroatoms. The predicted molar refractivity (Wildman–Crippen MR) is 158 cm³/mol. The Morgan fingerprint density at radius 1 is 0.950 bits per heavy atom. The molecule has 1 amide bonds. The summed E-state index contributed by atoms with van der Waals surface area (Å²) in [7, 11) is 0. The third-order valence-electron chi connectivity index (χ3n) is 8.56. The van der Waals surface area contributed by atoms with Gasteiger partial charge in [-0.25, -0.2) is 4.79 Å². The molecule has 5 atom stereocenters. The van der Waals surface area contributed by atoms with E-state index in [0.717, 1.165) is 37.7 Å². The lowest BCUT2D eigenvalue weighted by molar-refractivity contribution is -0.156. The van der Waals surface area contributed by atoms with Crippen LogP contribution in [0, 0.1) is 5.92 Å². The fourth-order valence-electron chi connectivity index (χ4n) is 6.39. The largest absolute Gasteiger partial charge is 0.465 e. The number of amides is 1. The highest BCUT2D eigenvalue weighted by Gasteiger charge is 2.50. The zero-order chi connectivity index (χ0) is 28.7. The first-order chi connectivity index (χ1) is 19.5. The number of hydrogen-bond donors (Lipinski definition) is 1. The van der Waals surface area contributed by atoms with Crippen molar-refractivity contribution in [2.75, 3.05) is 13.2 Å². The number of likely N-dealkylation sites (tertiary alicyclic amines) is 1. The van der Waals surface area contributed by atoms with E-state index in [1.807, 2.05) is 30.3 Å². The number of ether oxygens (including phenoxy) is 2. The lowest BCUT2D eigenvalue weighted by Crippen LogP contribution is -2.55. The number of nitrogens with zero attached hydrogens (tertiary/aromatic N) is 1. The second-order valence-electron chi connectivity index (χ2n) is 11.6. The van der Waals surface area contributed by atoms with E-state index < -0.39 is 18.1 Å². The standard InChI is InChI=1S/C33H52N2O5/c1-4-6-7-8-9-10-11-15-23-40-33(38)30-24-27-19-16-20-29(27)35(30)31(36)25(3)34-28(32(37)39-5-2)22-21-26-17-13-12-14-18-26/h12-14,17-18,25,27-30,34H,4-11,15-16,19-24H2,1-3H3/t25-,27?,28?,29?,30?/m0/s1. The first-order valence-corrected chi connectivity index (χ1v) is 15.9. The molecule has 4 unspecified atom stereocenters. The molecule has 40 heavy (non-hydrogen) atoms. The molecule has 7 nitrogen and oxygen atoms in total. The van der Waals surface area contributed by atoms with Gasteiger partial charge in [0, 0.05) is 6.04 Å². The molecule has 2 fully saturated rings. The van der Waals surface area contributed by atoms with Gasteiger partial charge in [-0.2, -0.15) is 0 Å². The number of hydrogen-bond acceptors (Lipinski definition) is 6. The van der Waals surface area contributed by atoms with Crippen LogP contribution < -0.4 is 5.32 Å². The fraction of sp³-hybridized carbons (Fsp3) is 0.727. The Morgan fingerprint density at radius 3 is 2.35 bits per heavy atom. The summed E-state index contributed by atoms with van der Waals surface area (Å²) in [5.41, 5.74) is 1.13. The summed E-state index contributed by atoms with van der Waals surface area (Å²) >= 11 is 0. The molecule has 1 aromatic carbocycles. The molecule has 2 aliphatic rings. The number of carbonyl (C=O) groups is 3. The van der Waals surface area contributed by atoms with Gasteiger partial charge in [0.05, 0.1) is 19.3 Å². The van der Waals surface area contributed by atoms with Crippen molar-refractivity contribution in [1.82, 2.24) is 10.2 Å². The molecular formula is C33H52N2O5. The van der Waals surface area contributed by atoms with Crippen LogP contribution >= 0.6 is 0 Å². The van der Waals surface area contributed by atoms with Crippen molar-refractivity contribution in [1.29, 1.82) is 0 Å². The molecule has 1 saturated heterocycles. The molecule has 3 rings (SSSR count). The molecule has 0 spiro atoms. The van der Waals surface area contributed by atoms with Crippen molar-refractivity contribution in [3.8, 4) is 0 Å². The Bertz CT molecular complexity index is 907. The highest BCUT2D eigenvalue weighted by molar-refractivity contribution is 5.89. The van der Waals surface area contributed by atoms with Crippen LogP contribution in [0.1, 0.15) is 110 Å². The normalized spacial score (nSPS) is 21.6. The number of esters is 2. The van der Waals surface area contributed by atoms with Crippen molar-refractivity contribution in [3.63, 3.8) is 0 Å². The minimum absolute atomic E-state index is 0.0720. The summed E-state index contributed by atoms with van der Waals surface area (Å²) in [5, 5.41) is 3.25. The Kier molecular flexibility index (Phi) is 14.0. The van der Waals surface area contributed by atoms with Gasteiger partial charge in [0.2, 0.25) is 5.91 Å². The SMILES string of the molecule is CCCCCCCCCCOC(=O)C1CC2CCCC2N1C(=O)[C@H](C)NC(CCc1ccccc1)C(=O)OCC. The van der Waals surface area contributed by atoms with Crippen LogP contribution in [0.2, 0.25) is 0 Å². The van der Waals surface area contributed by atoms with Crippen LogP contribution in [0.25, 0.3) is 0 Å². The fourth-order valence-corrected chi connectivity index (χ4v) is 6.39. The average molecular weight is 557 g/mol. The maximum Gasteiger partial charge on any atom is 0.328 e. The molecule has 1 aliphatic heterocycles. The number of unbranched alkanes of at least 4 members (excludes halogenated alkanes) is 7. The second kappa shape index (κ2) is 17.4. The Balaban J connectivity index is 1.55.